The van der Waals surface area contributed by atoms with E-state index in [2.05, 4.69) is 32.1 Å². The van der Waals surface area contributed by atoms with Crippen molar-refractivity contribution >= 4 is 45.1 Å². The number of carbonyl (C=O) groups excluding carboxylic acids is 2. The Morgan fingerprint density at radius 3 is 2.67 bits per heavy atom. The molecule has 0 fully saturated rings. The third-order valence-corrected chi connectivity index (χ3v) is 3.33. The summed E-state index contributed by atoms with van der Waals surface area (Å²) in [6, 6.07) is 5.12. The van der Waals surface area contributed by atoms with Gasteiger partial charge in [0.25, 0.3) is 11.8 Å². The number of carbonyl (C=O) groups is 2. The maximum atomic E-state index is 12.3. The largest absolute Gasteiger partial charge is 0.493 e. The van der Waals surface area contributed by atoms with E-state index in [4.69, 9.17) is 21.7 Å². The van der Waals surface area contributed by atoms with Crippen LogP contribution in [0.5, 0.6) is 5.75 Å². The van der Waals surface area contributed by atoms with Crippen LogP contribution in [0.15, 0.2) is 22.7 Å². The fraction of sp³-hybridized carbons (Fsp3) is 0.400. The Kier molecular flexibility index (Phi) is 9.28. The van der Waals surface area contributed by atoms with E-state index in [1.807, 2.05) is 6.92 Å². The van der Waals surface area contributed by atoms with Crippen molar-refractivity contribution in [3.8, 4) is 5.75 Å². The van der Waals surface area contributed by atoms with Crippen LogP contribution in [0, 0.1) is 0 Å². The van der Waals surface area contributed by atoms with Gasteiger partial charge in [-0.3, -0.25) is 25.8 Å². The summed E-state index contributed by atoms with van der Waals surface area (Å²) in [7, 11) is 0. The standard InChI is InChI=1S/C15H20BrN3O4S/c1-3-7-23-12-6-5-10(16)8-11(12)14(21)17-15(24)19-18-13(20)9-22-4-2/h5-6,8H,3-4,7,9H2,1-2H3,(H,18,20)(H2,17,19,21,24). The highest BCUT2D eigenvalue weighted by atomic mass is 79.9. The van der Waals surface area contributed by atoms with Crippen molar-refractivity contribution in [2.24, 2.45) is 0 Å². The van der Waals surface area contributed by atoms with Gasteiger partial charge in [-0.25, -0.2) is 0 Å². The van der Waals surface area contributed by atoms with Crippen LogP contribution in [-0.2, 0) is 9.53 Å². The molecule has 0 aliphatic heterocycles. The number of ether oxygens (including phenoxy) is 2. The fourth-order valence-corrected chi connectivity index (χ4v) is 2.08. The van der Waals surface area contributed by atoms with Crippen LogP contribution in [0.1, 0.15) is 30.6 Å². The molecule has 0 spiro atoms. The number of halogens is 1. The van der Waals surface area contributed by atoms with E-state index in [1.54, 1.807) is 25.1 Å². The molecule has 132 valence electrons. The molecule has 1 aromatic carbocycles. The Labute approximate surface area is 154 Å². The number of rotatable bonds is 7. The minimum Gasteiger partial charge on any atom is -0.493 e. The smallest absolute Gasteiger partial charge is 0.264 e. The average molecular weight is 418 g/mol. The maximum Gasteiger partial charge on any atom is 0.264 e. The summed E-state index contributed by atoms with van der Waals surface area (Å²) >= 11 is 8.29. The number of hydrazine groups is 1. The molecule has 2 amide bonds. The van der Waals surface area contributed by atoms with Gasteiger partial charge < -0.3 is 9.47 Å². The van der Waals surface area contributed by atoms with Gasteiger partial charge in [-0.15, -0.1) is 0 Å². The molecule has 0 bridgehead atoms. The molecular formula is C15H20BrN3O4S. The van der Waals surface area contributed by atoms with Crippen molar-refractivity contribution in [3.63, 3.8) is 0 Å². The summed E-state index contributed by atoms with van der Waals surface area (Å²) in [5, 5.41) is 2.44. The molecule has 1 aromatic rings. The van der Waals surface area contributed by atoms with E-state index in [1.165, 1.54) is 0 Å². The quantitative estimate of drug-likeness (QED) is 0.463. The molecule has 0 aliphatic carbocycles. The van der Waals surface area contributed by atoms with Crippen LogP contribution in [0.2, 0.25) is 0 Å². The molecule has 0 saturated heterocycles. The van der Waals surface area contributed by atoms with Crippen LogP contribution in [0.25, 0.3) is 0 Å². The Morgan fingerprint density at radius 2 is 2.00 bits per heavy atom. The Balaban J connectivity index is 2.62. The summed E-state index contributed by atoms with van der Waals surface area (Å²) in [6.45, 7) is 4.58. The Hall–Kier alpha value is -1.71. The van der Waals surface area contributed by atoms with Gasteiger partial charge in [-0.2, -0.15) is 0 Å². The van der Waals surface area contributed by atoms with Crippen molar-refractivity contribution in [1.82, 2.24) is 16.2 Å². The molecule has 0 heterocycles. The molecule has 0 unspecified atom stereocenters. The predicted molar refractivity (Wildman–Crippen MR) is 97.8 cm³/mol. The number of nitrogens with one attached hydrogen (secondary N) is 3. The number of hydrogen-bond donors (Lipinski definition) is 3. The van der Waals surface area contributed by atoms with Crippen molar-refractivity contribution in [2.45, 2.75) is 20.3 Å². The van der Waals surface area contributed by atoms with Crippen molar-refractivity contribution in [3.05, 3.63) is 28.2 Å². The van der Waals surface area contributed by atoms with Crippen LogP contribution in [-0.4, -0.2) is 36.7 Å². The van der Waals surface area contributed by atoms with Gasteiger partial charge in [0.1, 0.15) is 12.4 Å². The third-order valence-electron chi connectivity index (χ3n) is 2.63. The average Bonchev–Trinajstić information content (AvgIpc) is 2.56. The predicted octanol–water partition coefficient (Wildman–Crippen LogP) is 1.91. The van der Waals surface area contributed by atoms with Crippen LogP contribution < -0.4 is 20.9 Å². The van der Waals surface area contributed by atoms with Crippen molar-refractivity contribution in [1.29, 1.82) is 0 Å². The molecule has 0 aromatic heterocycles. The SMILES string of the molecule is CCCOc1ccc(Br)cc1C(=O)NC(=S)NNC(=O)COCC. The first-order chi connectivity index (χ1) is 11.5. The lowest BCUT2D eigenvalue weighted by molar-refractivity contribution is -0.126. The second kappa shape index (κ2) is 11.0. The summed E-state index contributed by atoms with van der Waals surface area (Å²) in [5.41, 5.74) is 5.10. The Bertz CT molecular complexity index is 598. The molecule has 1 rings (SSSR count). The lowest BCUT2D eigenvalue weighted by Gasteiger charge is -2.13. The van der Waals surface area contributed by atoms with Gasteiger partial charge in [0.2, 0.25) is 0 Å². The zero-order chi connectivity index (χ0) is 17.9. The molecule has 0 radical (unpaired) electrons. The fourth-order valence-electron chi connectivity index (χ4n) is 1.58. The minimum absolute atomic E-state index is 0.0359. The van der Waals surface area contributed by atoms with Crippen LogP contribution in [0.3, 0.4) is 0 Å². The monoisotopic (exact) mass is 417 g/mol. The molecule has 3 N–H and O–H groups in total. The van der Waals surface area contributed by atoms with E-state index in [9.17, 15) is 9.59 Å². The molecule has 0 saturated carbocycles. The van der Waals surface area contributed by atoms with Gasteiger partial charge in [0.15, 0.2) is 5.11 Å². The summed E-state index contributed by atoms with van der Waals surface area (Å²) in [6.07, 6.45) is 0.822. The molecule has 7 nitrogen and oxygen atoms in total. The second-order valence-electron chi connectivity index (χ2n) is 4.58. The third kappa shape index (κ3) is 7.24. The van der Waals surface area contributed by atoms with E-state index in [-0.39, 0.29) is 11.7 Å². The first-order valence-corrected chi connectivity index (χ1v) is 8.58. The number of amides is 2. The zero-order valence-corrected chi connectivity index (χ0v) is 15.9. The highest BCUT2D eigenvalue weighted by Crippen LogP contribution is 2.23. The number of thiocarbonyl (C=S) groups is 1. The van der Waals surface area contributed by atoms with Gasteiger partial charge in [0, 0.05) is 11.1 Å². The molecule has 0 atom stereocenters. The molecular weight excluding hydrogens is 398 g/mol. The second-order valence-corrected chi connectivity index (χ2v) is 5.91. The van der Waals surface area contributed by atoms with E-state index >= 15 is 0 Å². The van der Waals surface area contributed by atoms with Gasteiger partial charge in [-0.05, 0) is 43.8 Å². The minimum atomic E-state index is -0.445. The molecule has 0 aliphatic rings. The summed E-state index contributed by atoms with van der Waals surface area (Å²) in [5.74, 6) is -0.387. The van der Waals surface area contributed by atoms with Crippen molar-refractivity contribution < 1.29 is 19.1 Å². The lowest BCUT2D eigenvalue weighted by atomic mass is 10.2. The van der Waals surface area contributed by atoms with E-state index < -0.39 is 11.8 Å². The van der Waals surface area contributed by atoms with Gasteiger partial charge >= 0.3 is 0 Å². The number of hydrogen-bond acceptors (Lipinski definition) is 5. The summed E-state index contributed by atoms with van der Waals surface area (Å²) in [4.78, 5) is 23.7. The van der Waals surface area contributed by atoms with Crippen LogP contribution in [0.4, 0.5) is 0 Å². The van der Waals surface area contributed by atoms with Crippen LogP contribution >= 0.6 is 28.1 Å². The first-order valence-electron chi connectivity index (χ1n) is 7.38. The zero-order valence-electron chi connectivity index (χ0n) is 13.5. The van der Waals surface area contributed by atoms with E-state index in [0.29, 0.717) is 24.5 Å². The number of benzene rings is 1. The van der Waals surface area contributed by atoms with Crippen molar-refractivity contribution in [2.75, 3.05) is 19.8 Å². The highest BCUT2D eigenvalue weighted by Gasteiger charge is 2.15. The normalized spacial score (nSPS) is 9.96. The van der Waals surface area contributed by atoms with Gasteiger partial charge in [0.05, 0.1) is 12.2 Å². The maximum absolute atomic E-state index is 12.3. The lowest BCUT2D eigenvalue weighted by Crippen LogP contribution is -2.49. The van der Waals surface area contributed by atoms with Gasteiger partial charge in [-0.1, -0.05) is 22.9 Å². The topological polar surface area (TPSA) is 88.7 Å². The van der Waals surface area contributed by atoms with E-state index in [0.717, 1.165) is 10.9 Å². The Morgan fingerprint density at radius 1 is 1.25 bits per heavy atom. The highest BCUT2D eigenvalue weighted by molar-refractivity contribution is 9.10. The molecule has 24 heavy (non-hydrogen) atoms. The first kappa shape index (κ1) is 20.3. The molecule has 9 heteroatoms. The summed E-state index contributed by atoms with van der Waals surface area (Å²) < 4.78 is 11.2.